The Morgan fingerprint density at radius 1 is 1.03 bits per heavy atom. The van der Waals surface area contributed by atoms with Crippen LogP contribution in [0.4, 0.5) is 13.2 Å². The lowest BCUT2D eigenvalue weighted by Crippen LogP contribution is -2.21. The summed E-state index contributed by atoms with van der Waals surface area (Å²) in [7, 11) is 0. The van der Waals surface area contributed by atoms with E-state index in [0.717, 1.165) is 41.4 Å². The van der Waals surface area contributed by atoms with Crippen molar-refractivity contribution < 1.29 is 23.1 Å². The van der Waals surface area contributed by atoms with Crippen molar-refractivity contribution in [2.75, 3.05) is 0 Å². The topological polar surface area (TPSA) is 77.1 Å². The minimum atomic E-state index is -1.59. The molecule has 0 fully saturated rings. The Bertz CT molecular complexity index is 1410. The molecule has 0 saturated carbocycles. The van der Waals surface area contributed by atoms with Gasteiger partial charge in [-0.05, 0) is 30.2 Å². The normalized spacial score (nSPS) is 11.2. The number of hydrogen-bond acceptors (Lipinski definition) is 3. The summed E-state index contributed by atoms with van der Waals surface area (Å²) in [5, 5.41) is 12.8. The summed E-state index contributed by atoms with van der Waals surface area (Å²) in [6.07, 6.45) is 5.22. The molecular weight excluding hydrogens is 423 g/mol. The predicted octanol–water partition coefficient (Wildman–Crippen LogP) is 4.44. The van der Waals surface area contributed by atoms with E-state index in [0.29, 0.717) is 5.56 Å². The number of halogens is 3. The van der Waals surface area contributed by atoms with Gasteiger partial charge in [0.2, 0.25) is 5.43 Å². The molecule has 32 heavy (non-hydrogen) atoms. The van der Waals surface area contributed by atoms with Crippen molar-refractivity contribution in [1.29, 1.82) is 0 Å². The number of carboxylic acid groups (broad SMARTS) is 1. The van der Waals surface area contributed by atoms with Crippen molar-refractivity contribution in [3.63, 3.8) is 0 Å². The highest BCUT2D eigenvalue weighted by atomic mass is 19.1. The van der Waals surface area contributed by atoms with Crippen LogP contribution in [-0.2, 0) is 13.1 Å². The number of rotatable bonds is 6. The van der Waals surface area contributed by atoms with Gasteiger partial charge in [0, 0.05) is 30.1 Å². The fraction of sp³-hybridized carbons (Fsp3) is 0.174. The van der Waals surface area contributed by atoms with Crippen LogP contribution in [0.3, 0.4) is 0 Å². The number of aryl methyl sites for hydroxylation is 1. The van der Waals surface area contributed by atoms with Crippen LogP contribution >= 0.6 is 0 Å². The number of fused-ring (bicyclic) bond motifs is 1. The molecule has 0 saturated heterocycles. The molecule has 0 bridgehead atoms. The maximum Gasteiger partial charge on any atom is 0.341 e. The Morgan fingerprint density at radius 2 is 1.78 bits per heavy atom. The molecule has 0 atom stereocenters. The molecule has 1 N–H and O–H groups in total. The highest BCUT2D eigenvalue weighted by molar-refractivity contribution is 5.93. The third-order valence-electron chi connectivity index (χ3n) is 5.17. The Kier molecular flexibility index (Phi) is 5.56. The third kappa shape index (κ3) is 3.77. The average Bonchev–Trinajstić information content (AvgIpc) is 3.22. The van der Waals surface area contributed by atoms with Gasteiger partial charge in [-0.2, -0.15) is 5.10 Å². The van der Waals surface area contributed by atoms with Crippen molar-refractivity contribution in [2.24, 2.45) is 0 Å². The smallest absolute Gasteiger partial charge is 0.341 e. The van der Waals surface area contributed by atoms with Crippen LogP contribution in [0.15, 0.2) is 53.7 Å². The van der Waals surface area contributed by atoms with E-state index < -0.39 is 45.3 Å². The van der Waals surface area contributed by atoms with Crippen LogP contribution in [0.25, 0.3) is 22.0 Å². The zero-order valence-electron chi connectivity index (χ0n) is 17.0. The fourth-order valence-corrected chi connectivity index (χ4v) is 3.63. The summed E-state index contributed by atoms with van der Waals surface area (Å²) in [5.41, 5.74) is -0.882. The lowest BCUT2D eigenvalue weighted by atomic mass is 10.1. The summed E-state index contributed by atoms with van der Waals surface area (Å²) < 4.78 is 46.5. The summed E-state index contributed by atoms with van der Waals surface area (Å²) in [6, 6.07) is 6.02. The number of benzene rings is 2. The number of aromatic carboxylic acids is 1. The molecule has 4 aromatic rings. The maximum atomic E-state index is 14.9. The third-order valence-corrected chi connectivity index (χ3v) is 5.17. The van der Waals surface area contributed by atoms with Crippen LogP contribution in [0.5, 0.6) is 0 Å². The molecule has 9 heteroatoms. The van der Waals surface area contributed by atoms with Crippen molar-refractivity contribution in [3.8, 4) is 11.1 Å². The summed E-state index contributed by atoms with van der Waals surface area (Å²) in [4.78, 5) is 23.9. The zero-order chi connectivity index (χ0) is 23.0. The first-order valence-electron chi connectivity index (χ1n) is 9.85. The first-order chi connectivity index (χ1) is 15.3. The highest BCUT2D eigenvalue weighted by Gasteiger charge is 2.20. The molecule has 0 aliphatic heterocycles. The number of carboxylic acids is 1. The van der Waals surface area contributed by atoms with Crippen LogP contribution < -0.4 is 5.43 Å². The molecule has 0 aliphatic rings. The van der Waals surface area contributed by atoms with E-state index in [-0.39, 0.29) is 12.1 Å². The first-order valence-corrected chi connectivity index (χ1v) is 9.85. The summed E-state index contributed by atoms with van der Waals surface area (Å²) in [6.45, 7) is 2.44. The molecule has 0 spiro atoms. The quantitative estimate of drug-likeness (QED) is 0.480. The average molecular weight is 441 g/mol. The van der Waals surface area contributed by atoms with Crippen molar-refractivity contribution >= 4 is 16.9 Å². The largest absolute Gasteiger partial charge is 0.477 e. The molecule has 164 valence electrons. The van der Waals surface area contributed by atoms with E-state index in [9.17, 15) is 27.9 Å². The Balaban J connectivity index is 1.79. The summed E-state index contributed by atoms with van der Waals surface area (Å²) >= 11 is 0. The molecule has 0 amide bonds. The first kappa shape index (κ1) is 21.4. The van der Waals surface area contributed by atoms with E-state index >= 15 is 0 Å². The lowest BCUT2D eigenvalue weighted by Gasteiger charge is -2.14. The van der Waals surface area contributed by atoms with Gasteiger partial charge in [-0.1, -0.05) is 19.1 Å². The minimum absolute atomic E-state index is 0.111. The van der Waals surface area contributed by atoms with Gasteiger partial charge in [0.25, 0.3) is 0 Å². The predicted molar refractivity (Wildman–Crippen MR) is 112 cm³/mol. The van der Waals surface area contributed by atoms with Crippen LogP contribution in [-0.4, -0.2) is 25.4 Å². The Hall–Kier alpha value is -3.88. The van der Waals surface area contributed by atoms with E-state index in [1.807, 2.05) is 6.92 Å². The van der Waals surface area contributed by atoms with Gasteiger partial charge < -0.3 is 9.67 Å². The van der Waals surface area contributed by atoms with Crippen molar-refractivity contribution in [2.45, 2.75) is 26.4 Å². The minimum Gasteiger partial charge on any atom is -0.477 e. The monoisotopic (exact) mass is 441 g/mol. The van der Waals surface area contributed by atoms with Crippen LogP contribution in [0.1, 0.15) is 29.3 Å². The van der Waals surface area contributed by atoms with E-state index in [1.165, 1.54) is 12.1 Å². The van der Waals surface area contributed by atoms with Crippen molar-refractivity contribution in [3.05, 3.63) is 87.7 Å². The Labute approximate surface area is 180 Å². The van der Waals surface area contributed by atoms with E-state index in [2.05, 4.69) is 5.10 Å². The van der Waals surface area contributed by atoms with Gasteiger partial charge in [0.05, 0.1) is 23.6 Å². The maximum absolute atomic E-state index is 14.9. The summed E-state index contributed by atoms with van der Waals surface area (Å²) in [5.74, 6) is -4.18. The molecule has 0 unspecified atom stereocenters. The SMILES string of the molecule is CCCn1cc(-c2ccc(Cn3cc(C(=O)O)c(=O)c4c(F)ccc(F)c43)c(F)c2)cn1. The molecule has 4 rings (SSSR count). The molecule has 2 aromatic heterocycles. The molecule has 0 aliphatic carbocycles. The van der Waals surface area contributed by atoms with Crippen molar-refractivity contribution in [1.82, 2.24) is 14.3 Å². The number of aromatic nitrogens is 3. The van der Waals surface area contributed by atoms with E-state index in [4.69, 9.17) is 0 Å². The van der Waals surface area contributed by atoms with Gasteiger partial charge in [-0.3, -0.25) is 9.48 Å². The van der Waals surface area contributed by atoms with Gasteiger partial charge >= 0.3 is 5.97 Å². The van der Waals surface area contributed by atoms with Gasteiger partial charge in [0.1, 0.15) is 23.0 Å². The highest BCUT2D eigenvalue weighted by Crippen LogP contribution is 2.24. The molecular formula is C23H18F3N3O3. The van der Waals surface area contributed by atoms with Gasteiger partial charge in [-0.15, -0.1) is 0 Å². The Morgan fingerprint density at radius 3 is 2.47 bits per heavy atom. The number of hydrogen-bond donors (Lipinski definition) is 1. The number of pyridine rings is 1. The molecule has 0 radical (unpaired) electrons. The lowest BCUT2D eigenvalue weighted by molar-refractivity contribution is 0.0695. The second-order valence-corrected chi connectivity index (χ2v) is 7.36. The van der Waals surface area contributed by atoms with Gasteiger partial charge in [0.15, 0.2) is 0 Å². The number of nitrogens with zero attached hydrogens (tertiary/aromatic N) is 3. The molecule has 2 heterocycles. The van der Waals surface area contributed by atoms with Gasteiger partial charge in [-0.25, -0.2) is 18.0 Å². The fourth-order valence-electron chi connectivity index (χ4n) is 3.63. The molecule has 2 aromatic carbocycles. The van der Waals surface area contributed by atoms with E-state index in [1.54, 1.807) is 23.1 Å². The standard InChI is InChI=1S/C23H18F3N3O3/c1-2-7-29-11-15(9-27-29)13-3-4-14(19(26)8-13)10-28-12-16(23(31)32)22(30)20-17(24)5-6-18(25)21(20)28/h3-6,8-9,11-12H,2,7,10H2,1H3,(H,31,32). The second-order valence-electron chi connectivity index (χ2n) is 7.36. The van der Waals surface area contributed by atoms with Crippen LogP contribution in [0.2, 0.25) is 0 Å². The zero-order valence-corrected chi connectivity index (χ0v) is 17.0. The second kappa shape index (κ2) is 8.33. The number of carbonyl (C=O) groups is 1. The molecule has 6 nitrogen and oxygen atoms in total. The van der Waals surface area contributed by atoms with Crippen LogP contribution in [0, 0.1) is 17.5 Å².